The normalized spacial score (nSPS) is 11.3. The van der Waals surface area contributed by atoms with Crippen LogP contribution in [-0.2, 0) is 9.84 Å². The quantitative estimate of drug-likeness (QED) is 0.763. The van der Waals surface area contributed by atoms with Gasteiger partial charge in [-0.2, -0.15) is 0 Å². The minimum Gasteiger partial charge on any atom is -0.495 e. The summed E-state index contributed by atoms with van der Waals surface area (Å²) < 4.78 is 27.3. The third-order valence-corrected chi connectivity index (χ3v) is 2.88. The number of sulfone groups is 1. The molecular weight excluding hydrogens is 212 g/mol. The molecule has 0 fully saturated rings. The minimum atomic E-state index is -3.28. The number of methoxy groups -OCH3 is 1. The van der Waals surface area contributed by atoms with Gasteiger partial charge in [0.05, 0.1) is 7.11 Å². The molecule has 0 saturated heterocycles. The maximum absolute atomic E-state index is 11.2. The summed E-state index contributed by atoms with van der Waals surface area (Å²) in [4.78, 5) is 0.113. The predicted molar refractivity (Wildman–Crippen MR) is 51.1 cm³/mol. The predicted octanol–water partition coefficient (Wildman–Crippen LogP) is 1.75. The highest BCUT2D eigenvalue weighted by Gasteiger charge is 2.13. The molecule has 13 heavy (non-hydrogen) atoms. The SMILES string of the molecule is COc1ccc(Cl)cc1S(C)(=O)=O. The smallest absolute Gasteiger partial charge is 0.179 e. The van der Waals surface area contributed by atoms with Crippen LogP contribution in [0.4, 0.5) is 0 Å². The van der Waals surface area contributed by atoms with Crippen LogP contribution in [0.5, 0.6) is 5.75 Å². The fourth-order valence-electron chi connectivity index (χ4n) is 0.940. The maximum Gasteiger partial charge on any atom is 0.179 e. The summed E-state index contributed by atoms with van der Waals surface area (Å²) in [5.41, 5.74) is 0. The number of hydrogen-bond acceptors (Lipinski definition) is 3. The Morgan fingerprint density at radius 3 is 2.46 bits per heavy atom. The number of rotatable bonds is 2. The lowest BCUT2D eigenvalue weighted by atomic mass is 10.3. The van der Waals surface area contributed by atoms with E-state index < -0.39 is 9.84 Å². The summed E-state index contributed by atoms with van der Waals surface area (Å²) in [6.45, 7) is 0. The summed E-state index contributed by atoms with van der Waals surface area (Å²) in [6.07, 6.45) is 1.11. The monoisotopic (exact) mass is 220 g/mol. The van der Waals surface area contributed by atoms with E-state index >= 15 is 0 Å². The van der Waals surface area contributed by atoms with Crippen molar-refractivity contribution in [2.45, 2.75) is 4.90 Å². The number of hydrogen-bond donors (Lipinski definition) is 0. The first kappa shape index (κ1) is 10.3. The molecule has 0 aliphatic rings. The number of halogens is 1. The second-order valence-electron chi connectivity index (χ2n) is 2.57. The van der Waals surface area contributed by atoms with Crippen molar-refractivity contribution >= 4 is 21.4 Å². The van der Waals surface area contributed by atoms with Crippen molar-refractivity contribution in [2.75, 3.05) is 13.4 Å². The Labute approximate surface area is 82.2 Å². The summed E-state index contributed by atoms with van der Waals surface area (Å²) in [7, 11) is -1.86. The number of benzene rings is 1. The molecular formula is C8H9ClO3S. The molecule has 0 radical (unpaired) electrons. The van der Waals surface area contributed by atoms with Crippen molar-refractivity contribution in [1.82, 2.24) is 0 Å². The van der Waals surface area contributed by atoms with Gasteiger partial charge in [-0.15, -0.1) is 0 Å². The van der Waals surface area contributed by atoms with Crippen LogP contribution in [0.1, 0.15) is 0 Å². The molecule has 0 bridgehead atoms. The average Bonchev–Trinajstić information content (AvgIpc) is 2.03. The first-order valence-corrected chi connectivity index (χ1v) is 5.75. The Hall–Kier alpha value is -0.740. The zero-order chi connectivity index (χ0) is 10.1. The highest BCUT2D eigenvalue weighted by molar-refractivity contribution is 7.90. The maximum atomic E-state index is 11.2. The van der Waals surface area contributed by atoms with Crippen LogP contribution in [-0.4, -0.2) is 21.8 Å². The van der Waals surface area contributed by atoms with E-state index in [-0.39, 0.29) is 4.90 Å². The molecule has 0 spiro atoms. The lowest BCUT2D eigenvalue weighted by molar-refractivity contribution is 0.403. The van der Waals surface area contributed by atoms with Crippen LogP contribution in [0.15, 0.2) is 23.1 Å². The van der Waals surface area contributed by atoms with Crippen molar-refractivity contribution in [2.24, 2.45) is 0 Å². The average molecular weight is 221 g/mol. The minimum absolute atomic E-state index is 0.113. The summed E-state index contributed by atoms with van der Waals surface area (Å²) >= 11 is 5.66. The molecule has 0 aliphatic heterocycles. The molecule has 1 rings (SSSR count). The molecule has 72 valence electrons. The largest absolute Gasteiger partial charge is 0.495 e. The van der Waals surface area contributed by atoms with E-state index in [1.807, 2.05) is 0 Å². The van der Waals surface area contributed by atoms with E-state index in [4.69, 9.17) is 16.3 Å². The van der Waals surface area contributed by atoms with E-state index in [2.05, 4.69) is 0 Å². The third-order valence-electron chi connectivity index (χ3n) is 1.53. The second kappa shape index (κ2) is 3.55. The van der Waals surface area contributed by atoms with Crippen LogP contribution in [0.2, 0.25) is 5.02 Å². The van der Waals surface area contributed by atoms with Gasteiger partial charge in [-0.25, -0.2) is 8.42 Å². The van der Waals surface area contributed by atoms with Gasteiger partial charge in [-0.3, -0.25) is 0 Å². The van der Waals surface area contributed by atoms with Crippen molar-refractivity contribution in [3.05, 3.63) is 23.2 Å². The molecule has 1 aromatic rings. The van der Waals surface area contributed by atoms with E-state index in [9.17, 15) is 8.42 Å². The molecule has 0 heterocycles. The van der Waals surface area contributed by atoms with E-state index in [0.717, 1.165) is 6.26 Å². The van der Waals surface area contributed by atoms with Crippen molar-refractivity contribution in [3.63, 3.8) is 0 Å². The Kier molecular flexibility index (Phi) is 2.83. The lowest BCUT2D eigenvalue weighted by Crippen LogP contribution is -2.00. The van der Waals surface area contributed by atoms with Crippen molar-refractivity contribution < 1.29 is 13.2 Å². The summed E-state index contributed by atoms with van der Waals surface area (Å²) in [5, 5.41) is 0.376. The molecule has 0 atom stereocenters. The van der Waals surface area contributed by atoms with Gasteiger partial charge in [-0.05, 0) is 18.2 Å². The van der Waals surface area contributed by atoms with Crippen molar-refractivity contribution in [1.29, 1.82) is 0 Å². The highest BCUT2D eigenvalue weighted by atomic mass is 35.5. The fraction of sp³-hybridized carbons (Fsp3) is 0.250. The van der Waals surface area contributed by atoms with Gasteiger partial charge in [0.25, 0.3) is 0 Å². The Morgan fingerprint density at radius 1 is 1.38 bits per heavy atom. The molecule has 0 saturated carbocycles. The molecule has 0 amide bonds. The molecule has 0 aromatic heterocycles. The third kappa shape index (κ3) is 2.35. The molecule has 5 heteroatoms. The van der Waals surface area contributed by atoms with Gasteiger partial charge in [0.2, 0.25) is 0 Å². The van der Waals surface area contributed by atoms with E-state index in [0.29, 0.717) is 10.8 Å². The zero-order valence-electron chi connectivity index (χ0n) is 7.24. The van der Waals surface area contributed by atoms with Crippen molar-refractivity contribution in [3.8, 4) is 5.75 Å². The Bertz CT molecular complexity index is 411. The number of ether oxygens (including phenoxy) is 1. The standard InChI is InChI=1S/C8H9ClO3S/c1-12-7-4-3-6(9)5-8(7)13(2,10)11/h3-5H,1-2H3. The van der Waals surface area contributed by atoms with E-state index in [1.165, 1.54) is 19.2 Å². The molecule has 0 unspecified atom stereocenters. The van der Waals surface area contributed by atoms with Gasteiger partial charge in [-0.1, -0.05) is 11.6 Å². The highest BCUT2D eigenvalue weighted by Crippen LogP contribution is 2.26. The molecule has 1 aromatic carbocycles. The van der Waals surface area contributed by atoms with Crippen LogP contribution < -0.4 is 4.74 Å². The lowest BCUT2D eigenvalue weighted by Gasteiger charge is -2.06. The van der Waals surface area contributed by atoms with Crippen LogP contribution in [0.3, 0.4) is 0 Å². The van der Waals surface area contributed by atoms with Gasteiger partial charge < -0.3 is 4.74 Å². The first-order chi connectivity index (χ1) is 5.95. The van der Waals surface area contributed by atoms with Crippen LogP contribution >= 0.6 is 11.6 Å². The summed E-state index contributed by atoms with van der Waals surface area (Å²) in [6, 6.07) is 4.48. The molecule has 3 nitrogen and oxygen atoms in total. The van der Waals surface area contributed by atoms with Gasteiger partial charge in [0.1, 0.15) is 10.6 Å². The Morgan fingerprint density at radius 2 is 2.00 bits per heavy atom. The summed E-state index contributed by atoms with van der Waals surface area (Å²) in [5.74, 6) is 0.312. The second-order valence-corrected chi connectivity index (χ2v) is 4.99. The molecule has 0 aliphatic carbocycles. The fourth-order valence-corrected chi connectivity index (χ4v) is 2.03. The van der Waals surface area contributed by atoms with Gasteiger partial charge in [0.15, 0.2) is 9.84 Å². The van der Waals surface area contributed by atoms with Crippen LogP contribution in [0, 0.1) is 0 Å². The zero-order valence-corrected chi connectivity index (χ0v) is 8.82. The van der Waals surface area contributed by atoms with E-state index in [1.54, 1.807) is 6.07 Å². The first-order valence-electron chi connectivity index (χ1n) is 3.49. The van der Waals surface area contributed by atoms with Gasteiger partial charge in [0, 0.05) is 11.3 Å². The topological polar surface area (TPSA) is 43.4 Å². The van der Waals surface area contributed by atoms with Crippen LogP contribution in [0.25, 0.3) is 0 Å². The Balaban J connectivity index is 3.41. The van der Waals surface area contributed by atoms with Gasteiger partial charge >= 0.3 is 0 Å². The molecule has 0 N–H and O–H groups in total.